The average Bonchev–Trinajstić information content (AvgIpc) is 2.05. The molecule has 0 aliphatic heterocycles. The first-order valence-electron chi connectivity index (χ1n) is 3.84. The van der Waals surface area contributed by atoms with Crippen LogP contribution in [-0.4, -0.2) is 23.1 Å². The van der Waals surface area contributed by atoms with E-state index in [1.165, 1.54) is 0 Å². The highest BCUT2D eigenvalue weighted by Crippen LogP contribution is 2.11. The lowest BCUT2D eigenvalue weighted by atomic mass is 10.3. The Labute approximate surface area is 94.8 Å². The van der Waals surface area contributed by atoms with Gasteiger partial charge >= 0.3 is 10.5 Å². The minimum Gasteiger partial charge on any atom is -0.399 e. The lowest BCUT2D eigenvalue weighted by Gasteiger charge is -2.02. The standard InChI is InChI=1S/C7H10N2O2S.HNO2S/c1-12(10,11)9-7-4-2-6(8)3-5-7;1-4(2)3/h2-5,9H,8H2,1H3;1H. The number of anilines is 2. The van der Waals surface area contributed by atoms with Crippen LogP contribution in [-0.2, 0) is 20.5 Å². The van der Waals surface area contributed by atoms with E-state index in [0.717, 1.165) is 6.26 Å². The molecule has 4 N–H and O–H groups in total. The summed E-state index contributed by atoms with van der Waals surface area (Å²) in [6.45, 7) is 0. The molecule has 0 radical (unpaired) electrons. The highest BCUT2D eigenvalue weighted by Gasteiger charge is 1.99. The third kappa shape index (κ3) is 8.97. The average molecular weight is 265 g/mol. The van der Waals surface area contributed by atoms with Crippen LogP contribution in [0.4, 0.5) is 11.4 Å². The summed E-state index contributed by atoms with van der Waals surface area (Å²) in [4.78, 5) is 0. The molecular formula is C7H11N3O4S2. The van der Waals surface area contributed by atoms with Crippen molar-refractivity contribution in [2.45, 2.75) is 0 Å². The van der Waals surface area contributed by atoms with Crippen molar-refractivity contribution in [1.82, 2.24) is 0 Å². The van der Waals surface area contributed by atoms with Crippen LogP contribution in [0.5, 0.6) is 0 Å². The Morgan fingerprint density at radius 2 is 1.62 bits per heavy atom. The van der Waals surface area contributed by atoms with E-state index in [0.29, 0.717) is 11.4 Å². The summed E-state index contributed by atoms with van der Waals surface area (Å²) in [7, 11) is -5.79. The van der Waals surface area contributed by atoms with Crippen molar-refractivity contribution in [3.8, 4) is 0 Å². The third-order valence-corrected chi connectivity index (χ3v) is 1.82. The Kier molecular flexibility index (Phi) is 5.47. The van der Waals surface area contributed by atoms with Gasteiger partial charge in [0.1, 0.15) is 0 Å². The van der Waals surface area contributed by atoms with E-state index in [1.807, 2.05) is 0 Å². The maximum Gasteiger partial charge on any atom is 0.308 e. The molecule has 1 aromatic carbocycles. The molecule has 0 aliphatic rings. The Hall–Kier alpha value is -1.61. The molecule has 9 heteroatoms. The predicted molar refractivity (Wildman–Crippen MR) is 61.0 cm³/mol. The van der Waals surface area contributed by atoms with Crippen LogP contribution in [0.1, 0.15) is 0 Å². The fraction of sp³-hybridized carbons (Fsp3) is 0.143. The van der Waals surface area contributed by atoms with Gasteiger partial charge in [-0.15, -0.1) is 0 Å². The molecule has 1 rings (SSSR count). The second-order valence-corrected chi connectivity index (χ2v) is 4.95. The van der Waals surface area contributed by atoms with Gasteiger partial charge in [-0.2, -0.15) is 13.2 Å². The number of nitrogens with two attached hydrogens (primary N) is 1. The van der Waals surface area contributed by atoms with Gasteiger partial charge in [0.05, 0.1) is 6.26 Å². The molecular weight excluding hydrogens is 254 g/mol. The minimum absolute atomic E-state index is 0.520. The monoisotopic (exact) mass is 265 g/mol. The highest BCUT2D eigenvalue weighted by molar-refractivity contribution is 7.92. The van der Waals surface area contributed by atoms with Crippen LogP contribution in [0.3, 0.4) is 0 Å². The molecule has 0 amide bonds. The first-order valence-corrected chi connectivity index (χ1v) is 6.81. The first kappa shape index (κ1) is 14.4. The Morgan fingerprint density at radius 1 is 1.25 bits per heavy atom. The first-order chi connectivity index (χ1) is 7.20. The van der Waals surface area contributed by atoms with E-state index in [1.54, 1.807) is 24.3 Å². The molecule has 0 fully saturated rings. The van der Waals surface area contributed by atoms with Crippen molar-refractivity contribution >= 4 is 31.9 Å². The van der Waals surface area contributed by atoms with Crippen LogP contribution >= 0.6 is 0 Å². The number of rotatable bonds is 2. The van der Waals surface area contributed by atoms with Gasteiger partial charge in [0.15, 0.2) is 0 Å². The Morgan fingerprint density at radius 3 is 1.94 bits per heavy atom. The summed E-state index contributed by atoms with van der Waals surface area (Å²) in [5.74, 6) is 0. The molecule has 0 heterocycles. The molecule has 0 aromatic heterocycles. The van der Waals surface area contributed by atoms with Gasteiger partial charge in [-0.3, -0.25) is 4.72 Å². The van der Waals surface area contributed by atoms with E-state index < -0.39 is 20.5 Å². The molecule has 1 aromatic rings. The second-order valence-electron chi connectivity index (χ2n) is 2.73. The zero-order chi connectivity index (χ0) is 12.8. The summed E-state index contributed by atoms with van der Waals surface area (Å²) in [6.07, 6.45) is 1.10. The van der Waals surface area contributed by atoms with Crippen molar-refractivity contribution in [3.63, 3.8) is 0 Å². The fourth-order valence-corrected chi connectivity index (χ4v) is 1.33. The smallest absolute Gasteiger partial charge is 0.308 e. The molecule has 0 saturated carbocycles. The highest BCUT2D eigenvalue weighted by atomic mass is 32.2. The summed E-state index contributed by atoms with van der Waals surface area (Å²) >= 11 is 0. The SMILES string of the molecule is CS(=O)(=O)Nc1ccc(N)cc1.N=S(=O)=O. The Balaban J connectivity index is 0.000000487. The molecule has 7 nitrogen and oxygen atoms in total. The summed E-state index contributed by atoms with van der Waals surface area (Å²) in [5, 5.41) is 0. The topological polar surface area (TPSA) is 130 Å². The molecule has 0 aliphatic carbocycles. The molecule has 16 heavy (non-hydrogen) atoms. The van der Waals surface area contributed by atoms with Gasteiger partial charge < -0.3 is 5.73 Å². The lowest BCUT2D eigenvalue weighted by Crippen LogP contribution is -2.09. The molecule has 0 saturated heterocycles. The van der Waals surface area contributed by atoms with Gasteiger partial charge in [0, 0.05) is 11.4 Å². The van der Waals surface area contributed by atoms with Crippen molar-refractivity contribution in [2.75, 3.05) is 16.7 Å². The number of nitrogens with one attached hydrogen (secondary N) is 2. The van der Waals surface area contributed by atoms with Gasteiger partial charge in [0.2, 0.25) is 10.0 Å². The zero-order valence-corrected chi connectivity index (χ0v) is 9.97. The van der Waals surface area contributed by atoms with Crippen LogP contribution in [0, 0.1) is 4.78 Å². The van der Waals surface area contributed by atoms with E-state index in [9.17, 15) is 8.42 Å². The number of nitrogen functional groups attached to an aromatic ring is 1. The summed E-state index contributed by atoms with van der Waals surface area (Å²) in [5.41, 5.74) is 6.54. The van der Waals surface area contributed by atoms with Gasteiger partial charge in [-0.25, -0.2) is 8.42 Å². The minimum atomic E-state index is -3.18. The lowest BCUT2D eigenvalue weighted by molar-refractivity contribution is 0.606. The van der Waals surface area contributed by atoms with Crippen molar-refractivity contribution < 1.29 is 16.8 Å². The zero-order valence-electron chi connectivity index (χ0n) is 8.34. The van der Waals surface area contributed by atoms with Crippen molar-refractivity contribution in [3.05, 3.63) is 24.3 Å². The second kappa shape index (κ2) is 6.08. The van der Waals surface area contributed by atoms with Crippen molar-refractivity contribution in [1.29, 1.82) is 4.78 Å². The quantitative estimate of drug-likeness (QED) is 0.660. The maximum atomic E-state index is 10.7. The molecule has 0 spiro atoms. The van der Waals surface area contributed by atoms with E-state index in [4.69, 9.17) is 18.9 Å². The largest absolute Gasteiger partial charge is 0.399 e. The van der Waals surface area contributed by atoms with Gasteiger partial charge in [-0.05, 0) is 24.3 Å². The van der Waals surface area contributed by atoms with Gasteiger partial charge in [-0.1, -0.05) is 0 Å². The summed E-state index contributed by atoms with van der Waals surface area (Å²) < 4.78 is 46.6. The predicted octanol–water partition coefficient (Wildman–Crippen LogP) is 0.268. The van der Waals surface area contributed by atoms with Gasteiger partial charge in [0.25, 0.3) is 0 Å². The molecule has 0 atom stereocenters. The van der Waals surface area contributed by atoms with Crippen molar-refractivity contribution in [2.24, 2.45) is 0 Å². The van der Waals surface area contributed by atoms with Crippen LogP contribution < -0.4 is 10.5 Å². The van der Waals surface area contributed by atoms with Crippen LogP contribution in [0.2, 0.25) is 0 Å². The molecule has 0 unspecified atom stereocenters. The third-order valence-electron chi connectivity index (χ3n) is 1.21. The number of benzene rings is 1. The maximum absolute atomic E-state index is 10.7. The molecule has 90 valence electrons. The number of sulfonamides is 1. The summed E-state index contributed by atoms with van der Waals surface area (Å²) in [6, 6.07) is 6.48. The Bertz CT molecular complexity index is 526. The van der Waals surface area contributed by atoms with E-state index in [-0.39, 0.29) is 0 Å². The normalized spacial score (nSPS) is 9.81. The van der Waals surface area contributed by atoms with Crippen LogP contribution in [0.15, 0.2) is 24.3 Å². The number of hydrogen-bond acceptors (Lipinski definition) is 6. The van der Waals surface area contributed by atoms with E-state index in [2.05, 4.69) is 4.72 Å². The van der Waals surface area contributed by atoms with Crippen LogP contribution in [0.25, 0.3) is 0 Å². The fourth-order valence-electron chi connectivity index (χ4n) is 0.765. The number of hydrogen-bond donors (Lipinski definition) is 3. The molecule has 0 bridgehead atoms. The van der Waals surface area contributed by atoms with E-state index >= 15 is 0 Å².